The molecule has 1 saturated heterocycles. The predicted octanol–water partition coefficient (Wildman–Crippen LogP) is 4.43. The van der Waals surface area contributed by atoms with Gasteiger partial charge in [0.25, 0.3) is 0 Å². The minimum Gasteiger partial charge on any atom is -0.343 e. The van der Waals surface area contributed by atoms with E-state index in [9.17, 15) is 19.2 Å². The minimum absolute atomic E-state index is 0.0209. The fourth-order valence-corrected chi connectivity index (χ4v) is 8.07. The van der Waals surface area contributed by atoms with Gasteiger partial charge in [-0.25, -0.2) is 4.98 Å². The Hall–Kier alpha value is -4.57. The van der Waals surface area contributed by atoms with Crippen molar-refractivity contribution in [2.45, 2.75) is 71.4 Å². The van der Waals surface area contributed by atoms with Crippen molar-refractivity contribution < 1.29 is 19.2 Å². The number of anilines is 2. The van der Waals surface area contributed by atoms with E-state index in [0.717, 1.165) is 27.8 Å². The van der Waals surface area contributed by atoms with E-state index in [2.05, 4.69) is 34.8 Å². The predicted molar refractivity (Wildman–Crippen MR) is 185 cm³/mol. The van der Waals surface area contributed by atoms with E-state index < -0.39 is 10.8 Å². The summed E-state index contributed by atoms with van der Waals surface area (Å²) in [5.74, 6) is 0.541. The molecular weight excluding hydrogens is 604 g/mol. The monoisotopic (exact) mass is 650 g/mol. The van der Waals surface area contributed by atoms with E-state index in [-0.39, 0.29) is 36.1 Å². The number of hydrogen-bond acceptors (Lipinski definition) is 6. The van der Waals surface area contributed by atoms with Crippen molar-refractivity contribution in [2.75, 3.05) is 37.3 Å². The van der Waals surface area contributed by atoms with Crippen LogP contribution in [0.25, 0.3) is 0 Å². The number of hydrogen-bond donors (Lipinski definition) is 3. The molecule has 3 aliphatic rings. The lowest BCUT2D eigenvalue weighted by Gasteiger charge is -2.44. The van der Waals surface area contributed by atoms with Crippen LogP contribution in [0.1, 0.15) is 67.9 Å². The largest absolute Gasteiger partial charge is 0.343 e. The molecule has 48 heavy (non-hydrogen) atoms. The first-order valence-corrected chi connectivity index (χ1v) is 17.0. The van der Waals surface area contributed by atoms with Gasteiger partial charge in [0.2, 0.25) is 23.6 Å². The zero-order chi connectivity index (χ0) is 34.1. The molecule has 10 heteroatoms. The maximum atomic E-state index is 14.7. The maximum Gasteiger partial charge on any atom is 0.244 e. The van der Waals surface area contributed by atoms with E-state index in [1.807, 2.05) is 66.5 Å². The number of fused-ring (bicyclic) bond motifs is 3. The third-order valence-corrected chi connectivity index (χ3v) is 10.4. The first-order chi connectivity index (χ1) is 23.0. The Morgan fingerprint density at radius 2 is 1.73 bits per heavy atom. The van der Waals surface area contributed by atoms with Crippen molar-refractivity contribution in [1.29, 1.82) is 0 Å². The number of pyridine rings is 1. The lowest BCUT2D eigenvalue weighted by Crippen LogP contribution is -2.52. The van der Waals surface area contributed by atoms with Crippen LogP contribution in [0.3, 0.4) is 0 Å². The molecule has 2 aliphatic heterocycles. The molecule has 1 aromatic heterocycles. The lowest BCUT2D eigenvalue weighted by atomic mass is 9.71. The molecule has 1 aliphatic carbocycles. The molecule has 4 amide bonds. The Morgan fingerprint density at radius 1 is 1.00 bits per heavy atom. The van der Waals surface area contributed by atoms with Gasteiger partial charge in [0.1, 0.15) is 12.4 Å². The van der Waals surface area contributed by atoms with Crippen LogP contribution in [-0.4, -0.2) is 65.1 Å². The number of benzene rings is 2. The molecule has 0 saturated carbocycles. The highest BCUT2D eigenvalue weighted by Crippen LogP contribution is 2.47. The SMILES string of the molecule is CNCc1ccccc1CN(CC(=O)Nc1ccc2c(c1)C[C@@]1(C2)C(=O)Nc2ncccc21)C(=O)C1(CC(C)C)CCN(C(C)=O)CC1. The number of likely N-dealkylation sites (tertiary alicyclic amines) is 1. The Kier molecular flexibility index (Phi) is 9.38. The molecule has 1 spiro atoms. The van der Waals surface area contributed by atoms with Gasteiger partial charge in [-0.15, -0.1) is 0 Å². The molecule has 252 valence electrons. The number of carbonyl (C=O) groups excluding carboxylic acids is 4. The third-order valence-electron chi connectivity index (χ3n) is 10.4. The fraction of sp³-hybridized carbons (Fsp3) is 0.447. The quantitative estimate of drug-likeness (QED) is 0.298. The summed E-state index contributed by atoms with van der Waals surface area (Å²) in [6, 6.07) is 17.6. The van der Waals surface area contributed by atoms with Crippen LogP contribution >= 0.6 is 0 Å². The van der Waals surface area contributed by atoms with Crippen molar-refractivity contribution in [3.05, 3.63) is 88.6 Å². The molecule has 3 aromatic rings. The highest BCUT2D eigenvalue weighted by molar-refractivity contribution is 6.06. The van der Waals surface area contributed by atoms with E-state index in [1.165, 1.54) is 0 Å². The van der Waals surface area contributed by atoms with Gasteiger partial charge in [0.15, 0.2) is 0 Å². The zero-order valence-electron chi connectivity index (χ0n) is 28.4. The van der Waals surface area contributed by atoms with Gasteiger partial charge in [-0.05, 0) is 85.5 Å². The van der Waals surface area contributed by atoms with E-state index >= 15 is 0 Å². The molecule has 0 bridgehead atoms. The van der Waals surface area contributed by atoms with Crippen LogP contribution in [-0.2, 0) is 50.5 Å². The summed E-state index contributed by atoms with van der Waals surface area (Å²) in [7, 11) is 1.89. The standard InChI is InChI=1S/C38H46N6O4/c1-25(2)19-37(13-16-43(17-14-37)26(3)45)36(48)44(23-29-9-6-5-8-28(29)22-39-4)24-33(46)41-31-12-11-27-20-38(21-30(27)18-31)32-10-7-15-40-34(32)42-35(38)47/h5-12,15,18,25,39H,13-14,16-17,19-24H2,1-4H3,(H,41,46)(H,40,42,47)/t38-/m1/s1. The van der Waals surface area contributed by atoms with Gasteiger partial charge in [-0.1, -0.05) is 50.2 Å². The lowest BCUT2D eigenvalue weighted by molar-refractivity contribution is -0.151. The van der Waals surface area contributed by atoms with Crippen molar-refractivity contribution in [3.8, 4) is 0 Å². The topological polar surface area (TPSA) is 124 Å². The number of carbonyl (C=O) groups is 4. The summed E-state index contributed by atoms with van der Waals surface area (Å²) in [6.45, 7) is 7.70. The summed E-state index contributed by atoms with van der Waals surface area (Å²) in [5.41, 5.74) is 4.34. The number of nitrogens with zero attached hydrogens (tertiary/aromatic N) is 3. The molecule has 6 rings (SSSR count). The molecule has 1 fully saturated rings. The molecule has 3 heterocycles. The van der Waals surface area contributed by atoms with Gasteiger partial charge < -0.3 is 25.8 Å². The highest BCUT2D eigenvalue weighted by Gasteiger charge is 2.51. The third kappa shape index (κ3) is 6.45. The van der Waals surface area contributed by atoms with Crippen LogP contribution < -0.4 is 16.0 Å². The van der Waals surface area contributed by atoms with Gasteiger partial charge in [-0.2, -0.15) is 0 Å². The highest BCUT2D eigenvalue weighted by atomic mass is 16.2. The van der Waals surface area contributed by atoms with E-state index in [0.29, 0.717) is 69.8 Å². The Bertz CT molecular complexity index is 1730. The number of nitrogens with one attached hydrogen (secondary N) is 3. The number of aromatic nitrogens is 1. The van der Waals surface area contributed by atoms with Gasteiger partial charge >= 0.3 is 0 Å². The first kappa shape index (κ1) is 33.3. The van der Waals surface area contributed by atoms with Gasteiger partial charge in [0.05, 0.1) is 10.8 Å². The van der Waals surface area contributed by atoms with Crippen LogP contribution in [0, 0.1) is 11.3 Å². The zero-order valence-corrected chi connectivity index (χ0v) is 28.4. The Balaban J connectivity index is 1.24. The van der Waals surface area contributed by atoms with Gasteiger partial charge in [-0.3, -0.25) is 19.2 Å². The molecule has 1 atom stereocenters. The van der Waals surface area contributed by atoms with Gasteiger partial charge in [0, 0.05) is 50.6 Å². The van der Waals surface area contributed by atoms with Crippen molar-refractivity contribution >= 4 is 35.1 Å². The number of piperidine rings is 1. The second-order valence-corrected chi connectivity index (χ2v) is 14.2. The van der Waals surface area contributed by atoms with Crippen molar-refractivity contribution in [3.63, 3.8) is 0 Å². The van der Waals surface area contributed by atoms with Crippen LogP contribution in [0.4, 0.5) is 11.5 Å². The van der Waals surface area contributed by atoms with Crippen LogP contribution in [0.5, 0.6) is 0 Å². The maximum absolute atomic E-state index is 14.7. The molecular formula is C38H46N6O4. The Morgan fingerprint density at radius 3 is 2.44 bits per heavy atom. The summed E-state index contributed by atoms with van der Waals surface area (Å²) >= 11 is 0. The number of rotatable bonds is 10. The Labute approximate surface area is 282 Å². The minimum atomic E-state index is -0.693. The summed E-state index contributed by atoms with van der Waals surface area (Å²) in [6.07, 6.45) is 4.61. The molecule has 3 N–H and O–H groups in total. The second-order valence-electron chi connectivity index (χ2n) is 14.2. The molecule has 0 radical (unpaired) electrons. The first-order valence-electron chi connectivity index (χ1n) is 17.0. The van der Waals surface area contributed by atoms with Crippen molar-refractivity contribution in [2.24, 2.45) is 11.3 Å². The average molecular weight is 651 g/mol. The van der Waals surface area contributed by atoms with E-state index in [1.54, 1.807) is 18.0 Å². The smallest absolute Gasteiger partial charge is 0.244 e. The molecule has 10 nitrogen and oxygen atoms in total. The summed E-state index contributed by atoms with van der Waals surface area (Å²) in [5, 5.41) is 9.21. The normalized spacial score (nSPS) is 19.2. The number of amides is 4. The molecule has 2 aromatic carbocycles. The fourth-order valence-electron chi connectivity index (χ4n) is 8.07. The molecule has 0 unspecified atom stereocenters. The summed E-state index contributed by atoms with van der Waals surface area (Å²) < 4.78 is 0. The van der Waals surface area contributed by atoms with Crippen LogP contribution in [0.2, 0.25) is 0 Å². The average Bonchev–Trinajstić information content (AvgIpc) is 3.57. The second kappa shape index (κ2) is 13.5. The summed E-state index contributed by atoms with van der Waals surface area (Å²) in [4.78, 5) is 61.7. The van der Waals surface area contributed by atoms with E-state index in [4.69, 9.17) is 0 Å². The van der Waals surface area contributed by atoms with Crippen LogP contribution in [0.15, 0.2) is 60.8 Å². The van der Waals surface area contributed by atoms with Crippen molar-refractivity contribution in [1.82, 2.24) is 20.1 Å².